The standard InChI is InChI=1S/C22H25NO4/c1-22(2)14-18(17-11-10-16(25-3)13-20(17)27-22)23-21(24)12-9-15-7-5-6-8-19(15)26-4/h5-13,18H,14H2,1-4H3,(H,23,24)/b12-9+/t18-/m0/s1. The summed E-state index contributed by atoms with van der Waals surface area (Å²) >= 11 is 0. The number of amides is 1. The highest BCUT2D eigenvalue weighted by Crippen LogP contribution is 2.41. The van der Waals surface area contributed by atoms with Crippen molar-refractivity contribution >= 4 is 12.0 Å². The van der Waals surface area contributed by atoms with Crippen LogP contribution >= 0.6 is 0 Å². The molecule has 0 fully saturated rings. The van der Waals surface area contributed by atoms with E-state index in [2.05, 4.69) is 5.32 Å². The van der Waals surface area contributed by atoms with Crippen molar-refractivity contribution in [3.05, 3.63) is 59.7 Å². The van der Waals surface area contributed by atoms with Gasteiger partial charge in [-0.25, -0.2) is 0 Å². The van der Waals surface area contributed by atoms with E-state index in [9.17, 15) is 4.79 Å². The summed E-state index contributed by atoms with van der Waals surface area (Å²) in [6.45, 7) is 4.03. The first-order valence-corrected chi connectivity index (χ1v) is 8.90. The van der Waals surface area contributed by atoms with Crippen LogP contribution in [0.25, 0.3) is 6.08 Å². The van der Waals surface area contributed by atoms with E-state index in [1.165, 1.54) is 6.08 Å². The van der Waals surface area contributed by atoms with Gasteiger partial charge in [0, 0.05) is 29.7 Å². The molecule has 5 nitrogen and oxygen atoms in total. The number of rotatable bonds is 5. The van der Waals surface area contributed by atoms with Gasteiger partial charge in [0.25, 0.3) is 0 Å². The molecule has 1 aliphatic rings. The van der Waals surface area contributed by atoms with E-state index >= 15 is 0 Å². The number of carbonyl (C=O) groups is 1. The summed E-state index contributed by atoms with van der Waals surface area (Å²) in [5.41, 5.74) is 1.42. The molecule has 1 heterocycles. The number of benzene rings is 2. The minimum absolute atomic E-state index is 0.135. The summed E-state index contributed by atoms with van der Waals surface area (Å²) in [6, 6.07) is 13.1. The van der Waals surface area contributed by atoms with Gasteiger partial charge in [0.15, 0.2) is 0 Å². The van der Waals surface area contributed by atoms with Crippen LogP contribution in [0.4, 0.5) is 0 Å². The minimum Gasteiger partial charge on any atom is -0.497 e. The average molecular weight is 367 g/mol. The normalized spacial score (nSPS) is 17.7. The van der Waals surface area contributed by atoms with Crippen LogP contribution in [0.15, 0.2) is 48.5 Å². The number of carbonyl (C=O) groups excluding carboxylic acids is 1. The molecule has 0 spiro atoms. The molecule has 2 aromatic rings. The van der Waals surface area contributed by atoms with Crippen LogP contribution in [0.1, 0.15) is 37.4 Å². The molecule has 1 amide bonds. The third-order valence-electron chi connectivity index (χ3n) is 4.55. The third kappa shape index (κ3) is 4.42. The zero-order valence-electron chi connectivity index (χ0n) is 16.1. The first kappa shape index (κ1) is 18.8. The van der Waals surface area contributed by atoms with Crippen molar-refractivity contribution in [3.63, 3.8) is 0 Å². The lowest BCUT2D eigenvalue weighted by Crippen LogP contribution is -2.40. The predicted molar refractivity (Wildman–Crippen MR) is 105 cm³/mol. The molecule has 1 atom stereocenters. The maximum Gasteiger partial charge on any atom is 0.244 e. The summed E-state index contributed by atoms with van der Waals surface area (Å²) in [5.74, 6) is 2.04. The third-order valence-corrected chi connectivity index (χ3v) is 4.55. The summed E-state index contributed by atoms with van der Waals surface area (Å²) in [7, 11) is 3.24. The molecule has 0 radical (unpaired) electrons. The van der Waals surface area contributed by atoms with Gasteiger partial charge in [-0.05, 0) is 38.1 Å². The summed E-state index contributed by atoms with van der Waals surface area (Å²) in [4.78, 5) is 12.5. The molecule has 0 bridgehead atoms. The molecule has 27 heavy (non-hydrogen) atoms. The number of fused-ring (bicyclic) bond motifs is 1. The van der Waals surface area contributed by atoms with Crippen LogP contribution in [0.5, 0.6) is 17.2 Å². The number of para-hydroxylation sites is 1. The van der Waals surface area contributed by atoms with Crippen LogP contribution in [0.3, 0.4) is 0 Å². The molecule has 0 saturated carbocycles. The Labute approximate surface area is 159 Å². The Balaban J connectivity index is 1.78. The molecule has 5 heteroatoms. The molecule has 0 unspecified atom stereocenters. The fourth-order valence-electron chi connectivity index (χ4n) is 3.28. The molecule has 1 N–H and O–H groups in total. The van der Waals surface area contributed by atoms with Crippen LogP contribution in [0, 0.1) is 0 Å². The number of nitrogens with one attached hydrogen (secondary N) is 1. The highest BCUT2D eigenvalue weighted by molar-refractivity contribution is 5.92. The highest BCUT2D eigenvalue weighted by atomic mass is 16.5. The second kappa shape index (κ2) is 7.74. The van der Waals surface area contributed by atoms with Gasteiger partial charge in [0.2, 0.25) is 5.91 Å². The van der Waals surface area contributed by atoms with Gasteiger partial charge in [-0.1, -0.05) is 18.2 Å². The van der Waals surface area contributed by atoms with E-state index < -0.39 is 0 Å². The van der Waals surface area contributed by atoms with E-state index in [1.54, 1.807) is 20.3 Å². The smallest absolute Gasteiger partial charge is 0.244 e. The van der Waals surface area contributed by atoms with E-state index in [0.717, 1.165) is 28.4 Å². The predicted octanol–water partition coefficient (Wildman–Crippen LogP) is 4.14. The van der Waals surface area contributed by atoms with Crippen molar-refractivity contribution in [1.29, 1.82) is 0 Å². The second-order valence-electron chi connectivity index (χ2n) is 7.11. The molecular weight excluding hydrogens is 342 g/mol. The summed E-state index contributed by atoms with van der Waals surface area (Å²) in [6.07, 6.45) is 3.97. The molecule has 1 aliphatic heterocycles. The lowest BCUT2D eigenvalue weighted by atomic mass is 9.89. The van der Waals surface area contributed by atoms with Gasteiger partial charge in [0.05, 0.1) is 20.3 Å². The largest absolute Gasteiger partial charge is 0.497 e. The fraction of sp³-hybridized carbons (Fsp3) is 0.318. The summed E-state index contributed by atoms with van der Waals surface area (Å²) < 4.78 is 16.7. The molecular formula is C22H25NO4. The Hall–Kier alpha value is -2.95. The first-order chi connectivity index (χ1) is 12.9. The van der Waals surface area contributed by atoms with Crippen molar-refractivity contribution < 1.29 is 19.0 Å². The zero-order chi connectivity index (χ0) is 19.4. The van der Waals surface area contributed by atoms with Gasteiger partial charge in [0.1, 0.15) is 22.8 Å². The lowest BCUT2D eigenvalue weighted by Gasteiger charge is -2.37. The zero-order valence-corrected chi connectivity index (χ0v) is 16.1. The Morgan fingerprint density at radius 3 is 2.70 bits per heavy atom. The van der Waals surface area contributed by atoms with Crippen LogP contribution in [0.2, 0.25) is 0 Å². The van der Waals surface area contributed by atoms with Crippen molar-refractivity contribution in [2.75, 3.05) is 14.2 Å². The fourth-order valence-corrected chi connectivity index (χ4v) is 3.28. The number of methoxy groups -OCH3 is 2. The number of ether oxygens (including phenoxy) is 3. The quantitative estimate of drug-likeness (QED) is 0.807. The van der Waals surface area contributed by atoms with E-state index in [4.69, 9.17) is 14.2 Å². The maximum atomic E-state index is 12.5. The maximum absolute atomic E-state index is 12.5. The Bertz CT molecular complexity index is 857. The topological polar surface area (TPSA) is 56.8 Å². The molecule has 2 aromatic carbocycles. The molecule has 142 valence electrons. The van der Waals surface area contributed by atoms with E-state index in [0.29, 0.717) is 6.42 Å². The van der Waals surface area contributed by atoms with Gasteiger partial charge in [-0.3, -0.25) is 4.79 Å². The van der Waals surface area contributed by atoms with E-state index in [1.807, 2.05) is 56.3 Å². The molecule has 0 aromatic heterocycles. The first-order valence-electron chi connectivity index (χ1n) is 8.90. The van der Waals surface area contributed by atoms with Crippen LogP contribution in [-0.2, 0) is 4.79 Å². The lowest BCUT2D eigenvalue weighted by molar-refractivity contribution is -0.117. The van der Waals surface area contributed by atoms with Crippen molar-refractivity contribution in [2.24, 2.45) is 0 Å². The Morgan fingerprint density at radius 2 is 1.96 bits per heavy atom. The monoisotopic (exact) mass is 367 g/mol. The highest BCUT2D eigenvalue weighted by Gasteiger charge is 2.34. The van der Waals surface area contributed by atoms with Crippen LogP contribution < -0.4 is 19.5 Å². The van der Waals surface area contributed by atoms with Gasteiger partial charge < -0.3 is 19.5 Å². The molecule has 0 saturated heterocycles. The van der Waals surface area contributed by atoms with Crippen molar-refractivity contribution in [1.82, 2.24) is 5.32 Å². The minimum atomic E-state index is -0.385. The Kier molecular flexibility index (Phi) is 5.40. The SMILES string of the molecule is COc1ccc2c(c1)OC(C)(C)C[C@@H]2NC(=O)/C=C/c1ccccc1OC. The molecule has 3 rings (SSSR count). The molecule has 0 aliphatic carbocycles. The number of hydrogen-bond donors (Lipinski definition) is 1. The van der Waals surface area contributed by atoms with Gasteiger partial charge in [-0.15, -0.1) is 0 Å². The van der Waals surface area contributed by atoms with Crippen LogP contribution in [-0.4, -0.2) is 25.7 Å². The second-order valence-corrected chi connectivity index (χ2v) is 7.11. The Morgan fingerprint density at radius 1 is 1.19 bits per heavy atom. The van der Waals surface area contributed by atoms with Crippen molar-refractivity contribution in [3.8, 4) is 17.2 Å². The van der Waals surface area contributed by atoms with Crippen molar-refractivity contribution in [2.45, 2.75) is 31.9 Å². The summed E-state index contributed by atoms with van der Waals surface area (Å²) in [5, 5.41) is 3.09. The number of hydrogen-bond acceptors (Lipinski definition) is 4. The van der Waals surface area contributed by atoms with Gasteiger partial charge >= 0.3 is 0 Å². The van der Waals surface area contributed by atoms with Gasteiger partial charge in [-0.2, -0.15) is 0 Å². The average Bonchev–Trinajstić information content (AvgIpc) is 2.65. The van der Waals surface area contributed by atoms with E-state index in [-0.39, 0.29) is 17.6 Å².